The van der Waals surface area contributed by atoms with Gasteiger partial charge < -0.3 is 0 Å². The van der Waals surface area contributed by atoms with Gasteiger partial charge in [0.1, 0.15) is 0 Å². The van der Waals surface area contributed by atoms with Crippen molar-refractivity contribution in [1.82, 2.24) is 0 Å². The van der Waals surface area contributed by atoms with Crippen molar-refractivity contribution in [3.05, 3.63) is 6.42 Å². The standard InChI is InChI=1S/C14H29/c1-5-7-8-9-10-11-12-13-14(3,4)6-2/h6H,5,7-13H2,1-4H3. The Balaban J connectivity index is 3.13. The summed E-state index contributed by atoms with van der Waals surface area (Å²) < 4.78 is 0. The highest BCUT2D eigenvalue weighted by Crippen LogP contribution is 2.26. The molecule has 0 aromatic heterocycles. The van der Waals surface area contributed by atoms with Gasteiger partial charge in [-0.3, -0.25) is 0 Å². The fourth-order valence-corrected chi connectivity index (χ4v) is 1.68. The molecular weight excluding hydrogens is 168 g/mol. The highest BCUT2D eigenvalue weighted by molar-refractivity contribution is 4.80. The number of unbranched alkanes of at least 4 members (excludes halogenated alkanes) is 6. The van der Waals surface area contributed by atoms with Crippen LogP contribution in [0.2, 0.25) is 0 Å². The van der Waals surface area contributed by atoms with E-state index in [-0.39, 0.29) is 0 Å². The molecule has 0 N–H and O–H groups in total. The first-order chi connectivity index (χ1) is 6.62. The maximum Gasteiger partial charge on any atom is -0.0326 e. The average Bonchev–Trinajstić information content (AvgIpc) is 2.16. The number of hydrogen-bond donors (Lipinski definition) is 0. The van der Waals surface area contributed by atoms with Crippen LogP contribution in [0, 0.1) is 11.8 Å². The van der Waals surface area contributed by atoms with Crippen molar-refractivity contribution < 1.29 is 0 Å². The zero-order chi connectivity index (χ0) is 10.9. The fraction of sp³-hybridized carbons (Fsp3) is 0.929. The van der Waals surface area contributed by atoms with Crippen molar-refractivity contribution in [1.29, 1.82) is 0 Å². The zero-order valence-corrected chi connectivity index (χ0v) is 10.7. The molecule has 0 saturated heterocycles. The first kappa shape index (κ1) is 14.0. The van der Waals surface area contributed by atoms with Gasteiger partial charge in [0.15, 0.2) is 0 Å². The van der Waals surface area contributed by atoms with Gasteiger partial charge in [0.05, 0.1) is 0 Å². The van der Waals surface area contributed by atoms with Gasteiger partial charge in [0, 0.05) is 0 Å². The van der Waals surface area contributed by atoms with Crippen LogP contribution >= 0.6 is 0 Å². The van der Waals surface area contributed by atoms with Gasteiger partial charge in [-0.05, 0) is 18.3 Å². The van der Waals surface area contributed by atoms with E-state index in [9.17, 15) is 0 Å². The summed E-state index contributed by atoms with van der Waals surface area (Å²) in [7, 11) is 0. The largest absolute Gasteiger partial charge is 0.0654 e. The lowest BCUT2D eigenvalue weighted by Gasteiger charge is -2.21. The Morgan fingerprint density at radius 1 is 0.857 bits per heavy atom. The van der Waals surface area contributed by atoms with E-state index in [0.717, 1.165) is 0 Å². The maximum absolute atomic E-state index is 2.34. The summed E-state index contributed by atoms with van der Waals surface area (Å²) in [6, 6.07) is 0. The molecule has 0 bridgehead atoms. The Hall–Kier alpha value is 0. The molecule has 0 amide bonds. The molecule has 0 saturated carbocycles. The summed E-state index contributed by atoms with van der Waals surface area (Å²) in [6.45, 7) is 9.13. The summed E-state index contributed by atoms with van der Waals surface area (Å²) in [5.74, 6) is 0. The van der Waals surface area contributed by atoms with Crippen molar-refractivity contribution in [3.63, 3.8) is 0 Å². The Morgan fingerprint density at radius 3 is 1.86 bits per heavy atom. The summed E-state index contributed by atoms with van der Waals surface area (Å²) >= 11 is 0. The lowest BCUT2D eigenvalue weighted by Crippen LogP contribution is -2.09. The summed E-state index contributed by atoms with van der Waals surface area (Å²) in [4.78, 5) is 0. The second-order valence-corrected chi connectivity index (χ2v) is 5.15. The lowest BCUT2D eigenvalue weighted by atomic mass is 9.84. The molecule has 0 nitrogen and oxygen atoms in total. The molecule has 0 unspecified atom stereocenters. The van der Waals surface area contributed by atoms with Gasteiger partial charge in [-0.25, -0.2) is 0 Å². The smallest absolute Gasteiger partial charge is 0.0326 e. The molecule has 0 rings (SSSR count). The van der Waals surface area contributed by atoms with Crippen LogP contribution in [0.4, 0.5) is 0 Å². The average molecular weight is 197 g/mol. The Morgan fingerprint density at radius 2 is 1.36 bits per heavy atom. The van der Waals surface area contributed by atoms with Crippen LogP contribution in [-0.4, -0.2) is 0 Å². The summed E-state index contributed by atoms with van der Waals surface area (Å²) in [6.07, 6.45) is 13.7. The molecule has 0 aliphatic rings. The molecule has 14 heavy (non-hydrogen) atoms. The topological polar surface area (TPSA) is 0 Å². The zero-order valence-electron chi connectivity index (χ0n) is 10.7. The second-order valence-electron chi connectivity index (χ2n) is 5.15. The van der Waals surface area contributed by atoms with Crippen LogP contribution in [0.15, 0.2) is 0 Å². The lowest BCUT2D eigenvalue weighted by molar-refractivity contribution is 0.377. The van der Waals surface area contributed by atoms with Gasteiger partial charge >= 0.3 is 0 Å². The molecule has 0 aromatic carbocycles. The first-order valence-electron chi connectivity index (χ1n) is 6.43. The molecule has 0 spiro atoms. The van der Waals surface area contributed by atoms with Gasteiger partial charge in [0.25, 0.3) is 0 Å². The van der Waals surface area contributed by atoms with E-state index in [1.807, 2.05) is 0 Å². The first-order valence-corrected chi connectivity index (χ1v) is 6.43. The van der Waals surface area contributed by atoms with Gasteiger partial charge in [-0.1, -0.05) is 72.6 Å². The van der Waals surface area contributed by atoms with Gasteiger partial charge in [-0.2, -0.15) is 0 Å². The van der Waals surface area contributed by atoms with Crippen molar-refractivity contribution in [2.45, 2.75) is 79.1 Å². The summed E-state index contributed by atoms with van der Waals surface area (Å²) in [5.41, 5.74) is 0.462. The van der Waals surface area contributed by atoms with Crippen molar-refractivity contribution in [2.75, 3.05) is 0 Å². The molecule has 0 aliphatic carbocycles. The van der Waals surface area contributed by atoms with E-state index in [2.05, 4.69) is 34.1 Å². The molecule has 0 heterocycles. The SMILES string of the molecule is C[CH]C(C)(C)CCCCCCCCC. The van der Waals surface area contributed by atoms with Crippen LogP contribution in [0.3, 0.4) is 0 Å². The molecule has 0 aromatic rings. The van der Waals surface area contributed by atoms with E-state index in [0.29, 0.717) is 5.41 Å². The van der Waals surface area contributed by atoms with E-state index in [4.69, 9.17) is 0 Å². The van der Waals surface area contributed by atoms with Crippen LogP contribution < -0.4 is 0 Å². The molecule has 1 radical (unpaired) electrons. The molecule has 0 heteroatoms. The highest BCUT2D eigenvalue weighted by atomic mass is 14.2. The van der Waals surface area contributed by atoms with Crippen LogP contribution in [0.1, 0.15) is 79.1 Å². The normalized spacial score (nSPS) is 12.0. The third-order valence-electron chi connectivity index (χ3n) is 3.21. The molecule has 0 aliphatic heterocycles. The third kappa shape index (κ3) is 8.59. The minimum atomic E-state index is 0.462. The van der Waals surface area contributed by atoms with Crippen LogP contribution in [0.25, 0.3) is 0 Å². The van der Waals surface area contributed by atoms with Crippen molar-refractivity contribution in [2.24, 2.45) is 5.41 Å². The van der Waals surface area contributed by atoms with E-state index in [1.165, 1.54) is 51.4 Å². The summed E-state index contributed by atoms with van der Waals surface area (Å²) in [5, 5.41) is 0. The van der Waals surface area contributed by atoms with Crippen LogP contribution in [-0.2, 0) is 0 Å². The molecule has 0 fully saturated rings. The Labute approximate surface area is 91.5 Å². The maximum atomic E-state index is 2.34. The quantitative estimate of drug-likeness (QED) is 0.435. The van der Waals surface area contributed by atoms with Gasteiger partial charge in [0.2, 0.25) is 0 Å². The van der Waals surface area contributed by atoms with Crippen molar-refractivity contribution in [3.8, 4) is 0 Å². The van der Waals surface area contributed by atoms with Crippen molar-refractivity contribution >= 4 is 0 Å². The predicted octanol–water partition coefficient (Wildman–Crippen LogP) is 5.38. The van der Waals surface area contributed by atoms with E-state index in [1.54, 1.807) is 0 Å². The Bertz CT molecular complexity index is 113. The number of rotatable bonds is 9. The van der Waals surface area contributed by atoms with Crippen LogP contribution in [0.5, 0.6) is 0 Å². The minimum Gasteiger partial charge on any atom is -0.0654 e. The van der Waals surface area contributed by atoms with E-state index >= 15 is 0 Å². The number of hydrogen-bond acceptors (Lipinski definition) is 0. The minimum absolute atomic E-state index is 0.462. The monoisotopic (exact) mass is 197 g/mol. The third-order valence-corrected chi connectivity index (χ3v) is 3.21. The molecule has 0 atom stereocenters. The molecule has 85 valence electrons. The predicted molar refractivity (Wildman–Crippen MR) is 66.4 cm³/mol. The molecular formula is C14H29. The van der Waals surface area contributed by atoms with E-state index < -0.39 is 0 Å². The van der Waals surface area contributed by atoms with Gasteiger partial charge in [-0.15, -0.1) is 0 Å². The second kappa shape index (κ2) is 8.32. The Kier molecular flexibility index (Phi) is 8.32. The fourth-order valence-electron chi connectivity index (χ4n) is 1.68. The highest BCUT2D eigenvalue weighted by Gasteiger charge is 2.13.